The zero-order valence-corrected chi connectivity index (χ0v) is 9.82. The van der Waals surface area contributed by atoms with Gasteiger partial charge in [-0.3, -0.25) is 0 Å². The van der Waals surface area contributed by atoms with Crippen molar-refractivity contribution in [2.75, 3.05) is 5.73 Å². The molecule has 19 heavy (non-hydrogen) atoms. The van der Waals surface area contributed by atoms with E-state index in [9.17, 15) is 4.79 Å². The van der Waals surface area contributed by atoms with Gasteiger partial charge < -0.3 is 10.8 Å². The summed E-state index contributed by atoms with van der Waals surface area (Å²) in [6.07, 6.45) is 0. The Morgan fingerprint density at radius 2 is 2.00 bits per heavy atom. The highest BCUT2D eigenvalue weighted by atomic mass is 16.4. The summed E-state index contributed by atoms with van der Waals surface area (Å²) in [6.45, 7) is 0. The molecule has 3 N–H and O–H groups in total. The van der Waals surface area contributed by atoms with Crippen LogP contribution in [0.15, 0.2) is 42.5 Å². The predicted octanol–water partition coefficient (Wildman–Crippen LogP) is 1.70. The fourth-order valence-corrected chi connectivity index (χ4v) is 1.91. The van der Waals surface area contributed by atoms with Crippen LogP contribution in [0.2, 0.25) is 0 Å². The molecule has 1 aromatic heterocycles. The molecule has 0 spiro atoms. The van der Waals surface area contributed by atoms with E-state index in [2.05, 4.69) is 10.3 Å². The summed E-state index contributed by atoms with van der Waals surface area (Å²) in [7, 11) is 0. The van der Waals surface area contributed by atoms with Crippen LogP contribution < -0.4 is 5.73 Å². The van der Waals surface area contributed by atoms with Gasteiger partial charge in [0.25, 0.3) is 0 Å². The van der Waals surface area contributed by atoms with Crippen LogP contribution in [0.4, 0.5) is 5.69 Å². The molecule has 0 radical (unpaired) electrons. The van der Waals surface area contributed by atoms with E-state index in [1.165, 1.54) is 16.8 Å². The number of carboxylic acids is 1. The number of rotatable bonds is 2. The van der Waals surface area contributed by atoms with Crippen LogP contribution in [0.5, 0.6) is 0 Å². The zero-order valence-electron chi connectivity index (χ0n) is 9.82. The Balaban J connectivity index is 2.26. The molecule has 0 unspecified atom stereocenters. The number of para-hydroxylation sites is 1. The molecule has 0 fully saturated rings. The summed E-state index contributed by atoms with van der Waals surface area (Å²) in [5.74, 6) is -1.01. The van der Waals surface area contributed by atoms with E-state index in [0.717, 1.165) is 11.0 Å². The molecule has 0 amide bonds. The predicted molar refractivity (Wildman–Crippen MR) is 70.2 cm³/mol. The Labute approximate surface area is 108 Å². The summed E-state index contributed by atoms with van der Waals surface area (Å²) in [5, 5.41) is 17.1. The molecule has 0 aliphatic heterocycles. The van der Waals surface area contributed by atoms with E-state index in [1.54, 1.807) is 6.07 Å². The number of anilines is 1. The van der Waals surface area contributed by atoms with Crippen LogP contribution >= 0.6 is 0 Å². The number of carbonyl (C=O) groups is 1. The fraction of sp³-hybridized carbons (Fsp3) is 0. The van der Waals surface area contributed by atoms with Gasteiger partial charge >= 0.3 is 5.97 Å². The van der Waals surface area contributed by atoms with E-state index >= 15 is 0 Å². The van der Waals surface area contributed by atoms with Crippen molar-refractivity contribution in [3.8, 4) is 5.69 Å². The van der Waals surface area contributed by atoms with Gasteiger partial charge in [0.15, 0.2) is 0 Å². The minimum absolute atomic E-state index is 0.156. The zero-order chi connectivity index (χ0) is 13.4. The minimum atomic E-state index is -1.01. The number of benzene rings is 2. The Morgan fingerprint density at radius 1 is 1.21 bits per heavy atom. The third kappa shape index (κ3) is 1.79. The molecule has 0 saturated heterocycles. The van der Waals surface area contributed by atoms with Crippen molar-refractivity contribution in [1.29, 1.82) is 0 Å². The van der Waals surface area contributed by atoms with Crippen molar-refractivity contribution in [2.24, 2.45) is 0 Å². The molecule has 0 aliphatic rings. The highest BCUT2D eigenvalue weighted by molar-refractivity contribution is 5.90. The van der Waals surface area contributed by atoms with Crippen LogP contribution in [0.1, 0.15) is 10.4 Å². The second-order valence-corrected chi connectivity index (χ2v) is 4.07. The first kappa shape index (κ1) is 11.2. The summed E-state index contributed by atoms with van der Waals surface area (Å²) in [4.78, 5) is 11.0. The Morgan fingerprint density at radius 3 is 2.79 bits per heavy atom. The maximum absolute atomic E-state index is 11.0. The maximum Gasteiger partial charge on any atom is 0.335 e. The van der Waals surface area contributed by atoms with Crippen LogP contribution in [0.25, 0.3) is 16.7 Å². The molecule has 0 aliphatic carbocycles. The topological polar surface area (TPSA) is 94.0 Å². The monoisotopic (exact) mass is 254 g/mol. The van der Waals surface area contributed by atoms with E-state index in [-0.39, 0.29) is 5.56 Å². The number of fused-ring (bicyclic) bond motifs is 1. The number of aromatic nitrogens is 3. The van der Waals surface area contributed by atoms with Crippen LogP contribution in [0.3, 0.4) is 0 Å². The second kappa shape index (κ2) is 4.09. The Bertz CT molecular complexity index is 779. The molecule has 0 bridgehead atoms. The Kier molecular flexibility index (Phi) is 2.42. The van der Waals surface area contributed by atoms with Crippen molar-refractivity contribution >= 4 is 22.7 Å². The number of hydrogen-bond acceptors (Lipinski definition) is 4. The minimum Gasteiger partial charge on any atom is -0.478 e. The number of aromatic carboxylic acids is 1. The first-order valence-corrected chi connectivity index (χ1v) is 5.60. The lowest BCUT2D eigenvalue weighted by Crippen LogP contribution is -2.05. The molecule has 3 rings (SSSR count). The second-order valence-electron chi connectivity index (χ2n) is 4.07. The van der Waals surface area contributed by atoms with Gasteiger partial charge in [0.2, 0.25) is 0 Å². The van der Waals surface area contributed by atoms with E-state index in [4.69, 9.17) is 10.8 Å². The average Bonchev–Trinajstić information content (AvgIpc) is 2.83. The fourth-order valence-electron chi connectivity index (χ4n) is 1.91. The van der Waals surface area contributed by atoms with Crippen LogP contribution in [-0.4, -0.2) is 26.1 Å². The van der Waals surface area contributed by atoms with Crippen molar-refractivity contribution in [2.45, 2.75) is 0 Å². The molecule has 3 aromatic rings. The van der Waals surface area contributed by atoms with Gasteiger partial charge in [0, 0.05) is 0 Å². The molecule has 0 atom stereocenters. The van der Waals surface area contributed by atoms with Gasteiger partial charge in [0.1, 0.15) is 5.52 Å². The van der Waals surface area contributed by atoms with Crippen LogP contribution in [0, 0.1) is 0 Å². The molecule has 6 nitrogen and oxygen atoms in total. The SMILES string of the molecule is Nc1ccc(C(=O)O)cc1-n1nnc2ccccc21. The molecular weight excluding hydrogens is 244 g/mol. The number of carboxylic acid groups (broad SMARTS) is 1. The normalized spacial score (nSPS) is 10.7. The van der Waals surface area contributed by atoms with E-state index in [1.807, 2.05) is 24.3 Å². The molecule has 1 heterocycles. The number of nitrogens with two attached hydrogens (primary N) is 1. The van der Waals surface area contributed by atoms with Gasteiger partial charge in [-0.2, -0.15) is 0 Å². The van der Waals surface area contributed by atoms with Gasteiger partial charge in [-0.15, -0.1) is 5.10 Å². The summed E-state index contributed by atoms with van der Waals surface area (Å²) in [6, 6.07) is 11.9. The van der Waals surface area contributed by atoms with Gasteiger partial charge in [-0.25, -0.2) is 9.48 Å². The average molecular weight is 254 g/mol. The van der Waals surface area contributed by atoms with Gasteiger partial charge in [0.05, 0.1) is 22.5 Å². The lowest BCUT2D eigenvalue weighted by atomic mass is 10.1. The third-order valence-electron chi connectivity index (χ3n) is 2.86. The molecule has 6 heteroatoms. The first-order chi connectivity index (χ1) is 9.16. The number of nitrogen functional groups attached to an aromatic ring is 1. The van der Waals surface area contributed by atoms with Gasteiger partial charge in [-0.05, 0) is 30.3 Å². The van der Waals surface area contributed by atoms with Crippen molar-refractivity contribution < 1.29 is 9.90 Å². The van der Waals surface area contributed by atoms with E-state index in [0.29, 0.717) is 11.4 Å². The largest absolute Gasteiger partial charge is 0.478 e. The highest BCUT2D eigenvalue weighted by Crippen LogP contribution is 2.22. The maximum atomic E-state index is 11.0. The molecular formula is C13H10N4O2. The highest BCUT2D eigenvalue weighted by Gasteiger charge is 2.12. The lowest BCUT2D eigenvalue weighted by Gasteiger charge is -2.07. The third-order valence-corrected chi connectivity index (χ3v) is 2.86. The van der Waals surface area contributed by atoms with Crippen LogP contribution in [-0.2, 0) is 0 Å². The van der Waals surface area contributed by atoms with Crippen molar-refractivity contribution in [3.63, 3.8) is 0 Å². The van der Waals surface area contributed by atoms with Crippen molar-refractivity contribution in [3.05, 3.63) is 48.0 Å². The van der Waals surface area contributed by atoms with Gasteiger partial charge in [-0.1, -0.05) is 17.3 Å². The molecule has 2 aromatic carbocycles. The molecule has 0 saturated carbocycles. The molecule has 94 valence electrons. The standard InChI is InChI=1S/C13H10N4O2/c14-9-6-5-8(13(18)19)7-12(9)17-11-4-2-1-3-10(11)15-16-17/h1-7H,14H2,(H,18,19). The van der Waals surface area contributed by atoms with Crippen molar-refractivity contribution in [1.82, 2.24) is 15.0 Å². The first-order valence-electron chi connectivity index (χ1n) is 5.60. The Hall–Kier alpha value is -2.89. The summed E-state index contributed by atoms with van der Waals surface area (Å²) in [5.41, 5.74) is 8.50. The number of nitrogens with zero attached hydrogens (tertiary/aromatic N) is 3. The smallest absolute Gasteiger partial charge is 0.335 e. The lowest BCUT2D eigenvalue weighted by molar-refractivity contribution is 0.0697. The quantitative estimate of drug-likeness (QED) is 0.679. The number of hydrogen-bond donors (Lipinski definition) is 2. The van der Waals surface area contributed by atoms with E-state index < -0.39 is 5.97 Å². The summed E-state index contributed by atoms with van der Waals surface area (Å²) >= 11 is 0. The summed E-state index contributed by atoms with van der Waals surface area (Å²) < 4.78 is 1.54.